The number of likely N-dealkylation sites (N-methyl/N-ethyl adjacent to an activating group) is 1. The average Bonchev–Trinajstić information content (AvgIpc) is 2.12. The lowest BCUT2D eigenvalue weighted by Gasteiger charge is -2.20. The van der Waals surface area contributed by atoms with Crippen molar-refractivity contribution in [3.63, 3.8) is 0 Å². The van der Waals surface area contributed by atoms with Crippen molar-refractivity contribution in [1.29, 1.82) is 0 Å². The zero-order chi connectivity index (χ0) is 6.85. The summed E-state index contributed by atoms with van der Waals surface area (Å²) in [5.74, 6) is 0. The maximum atomic E-state index is 5.84. The number of nitrogens with two attached hydrogens (primary N) is 1. The molecule has 0 aromatic carbocycles. The van der Waals surface area contributed by atoms with Gasteiger partial charge in [0, 0.05) is 12.1 Å². The predicted molar refractivity (Wildman–Crippen MR) is 39.3 cm³/mol. The molecular formula is C7H16N2. The van der Waals surface area contributed by atoms with E-state index in [1.165, 1.54) is 19.4 Å². The quantitative estimate of drug-likeness (QED) is 0.555. The number of nitrogens with zero attached hydrogens (tertiary/aromatic N) is 1. The molecule has 9 heavy (non-hydrogen) atoms. The lowest BCUT2D eigenvalue weighted by molar-refractivity contribution is 0.291. The Labute approximate surface area is 57.0 Å². The van der Waals surface area contributed by atoms with E-state index in [4.69, 9.17) is 5.73 Å². The lowest BCUT2D eigenvalue weighted by Crippen LogP contribution is -2.36. The summed E-state index contributed by atoms with van der Waals surface area (Å²) in [6, 6.07) is 1.07. The smallest absolute Gasteiger partial charge is 0.0242 e. The molecule has 2 heteroatoms. The van der Waals surface area contributed by atoms with Crippen LogP contribution in [-0.4, -0.2) is 30.6 Å². The van der Waals surface area contributed by atoms with E-state index in [0.717, 1.165) is 0 Å². The minimum Gasteiger partial charge on any atom is -0.326 e. The summed E-state index contributed by atoms with van der Waals surface area (Å²) >= 11 is 0. The van der Waals surface area contributed by atoms with Crippen molar-refractivity contribution in [2.24, 2.45) is 5.73 Å². The van der Waals surface area contributed by atoms with Crippen LogP contribution in [0.3, 0.4) is 0 Å². The standard InChI is InChI=1S/C7H16N2/c1-3-7-6(8)4-5-9(7)2/h6-7H,3-5,8H2,1-2H3/t6-,7?/m1/s1. The summed E-state index contributed by atoms with van der Waals surface area (Å²) < 4.78 is 0. The summed E-state index contributed by atoms with van der Waals surface area (Å²) in [4.78, 5) is 2.35. The Hall–Kier alpha value is -0.0800. The van der Waals surface area contributed by atoms with Gasteiger partial charge in [-0.1, -0.05) is 6.92 Å². The second-order valence-electron chi connectivity index (χ2n) is 2.91. The van der Waals surface area contributed by atoms with E-state index in [9.17, 15) is 0 Å². The highest BCUT2D eigenvalue weighted by Gasteiger charge is 2.26. The highest BCUT2D eigenvalue weighted by molar-refractivity contribution is 4.86. The molecule has 2 nitrogen and oxygen atoms in total. The minimum absolute atomic E-state index is 0.431. The maximum absolute atomic E-state index is 5.84. The van der Waals surface area contributed by atoms with Crippen LogP contribution in [0.5, 0.6) is 0 Å². The molecule has 0 saturated carbocycles. The molecule has 1 aliphatic heterocycles. The van der Waals surface area contributed by atoms with Crippen molar-refractivity contribution >= 4 is 0 Å². The van der Waals surface area contributed by atoms with Gasteiger partial charge in [0.2, 0.25) is 0 Å². The van der Waals surface area contributed by atoms with Crippen molar-refractivity contribution in [2.75, 3.05) is 13.6 Å². The summed E-state index contributed by atoms with van der Waals surface area (Å²) in [6.45, 7) is 3.38. The fourth-order valence-electron chi connectivity index (χ4n) is 1.65. The van der Waals surface area contributed by atoms with Crippen LogP contribution in [0, 0.1) is 0 Å². The van der Waals surface area contributed by atoms with Crippen LogP contribution in [0.25, 0.3) is 0 Å². The van der Waals surface area contributed by atoms with Crippen LogP contribution in [-0.2, 0) is 0 Å². The molecule has 1 heterocycles. The summed E-state index contributed by atoms with van der Waals surface area (Å²) in [6.07, 6.45) is 2.37. The molecule has 0 radical (unpaired) electrons. The molecule has 2 N–H and O–H groups in total. The normalized spacial score (nSPS) is 37.7. The highest BCUT2D eigenvalue weighted by Crippen LogP contribution is 2.15. The van der Waals surface area contributed by atoms with E-state index in [1.54, 1.807) is 0 Å². The van der Waals surface area contributed by atoms with E-state index in [0.29, 0.717) is 12.1 Å². The number of hydrogen-bond donors (Lipinski definition) is 1. The first-order valence-corrected chi connectivity index (χ1v) is 3.71. The molecule has 0 aromatic rings. The van der Waals surface area contributed by atoms with E-state index in [1.807, 2.05) is 0 Å². The van der Waals surface area contributed by atoms with Crippen molar-refractivity contribution in [3.8, 4) is 0 Å². The molecule has 0 aromatic heterocycles. The SMILES string of the molecule is CCC1[C@H](N)CCN1C. The Morgan fingerprint density at radius 2 is 2.33 bits per heavy atom. The molecule has 1 unspecified atom stereocenters. The number of likely N-dealkylation sites (tertiary alicyclic amines) is 1. The third-order valence-corrected chi connectivity index (χ3v) is 2.29. The fraction of sp³-hybridized carbons (Fsp3) is 1.00. The van der Waals surface area contributed by atoms with Gasteiger partial charge in [-0.05, 0) is 26.4 Å². The molecule has 54 valence electrons. The van der Waals surface area contributed by atoms with Gasteiger partial charge in [-0.25, -0.2) is 0 Å². The Morgan fingerprint density at radius 1 is 1.67 bits per heavy atom. The number of rotatable bonds is 1. The van der Waals surface area contributed by atoms with Gasteiger partial charge in [0.25, 0.3) is 0 Å². The zero-order valence-electron chi connectivity index (χ0n) is 6.30. The van der Waals surface area contributed by atoms with Crippen molar-refractivity contribution in [1.82, 2.24) is 4.90 Å². The van der Waals surface area contributed by atoms with Gasteiger partial charge >= 0.3 is 0 Å². The van der Waals surface area contributed by atoms with Gasteiger partial charge in [0.15, 0.2) is 0 Å². The first-order valence-electron chi connectivity index (χ1n) is 3.71. The Bertz CT molecular complexity index is 82.9. The van der Waals surface area contributed by atoms with E-state index < -0.39 is 0 Å². The molecule has 1 rings (SSSR count). The Balaban J connectivity index is 2.44. The van der Waals surface area contributed by atoms with Gasteiger partial charge in [-0.3, -0.25) is 0 Å². The lowest BCUT2D eigenvalue weighted by atomic mass is 10.1. The van der Waals surface area contributed by atoms with Crippen LogP contribution in [0.15, 0.2) is 0 Å². The van der Waals surface area contributed by atoms with Crippen molar-refractivity contribution < 1.29 is 0 Å². The first-order chi connectivity index (χ1) is 4.25. The molecule has 0 spiro atoms. The average molecular weight is 128 g/mol. The van der Waals surface area contributed by atoms with E-state index in [-0.39, 0.29) is 0 Å². The first kappa shape index (κ1) is 7.03. The molecule has 1 fully saturated rings. The molecule has 1 aliphatic rings. The summed E-state index contributed by atoms with van der Waals surface area (Å²) in [5.41, 5.74) is 5.84. The van der Waals surface area contributed by atoms with Gasteiger partial charge in [0.05, 0.1) is 0 Å². The molecule has 0 bridgehead atoms. The minimum atomic E-state index is 0.431. The van der Waals surface area contributed by atoms with Crippen LogP contribution in [0.4, 0.5) is 0 Å². The molecule has 0 aliphatic carbocycles. The summed E-state index contributed by atoms with van der Waals surface area (Å²) in [5, 5.41) is 0. The van der Waals surface area contributed by atoms with Crippen molar-refractivity contribution in [3.05, 3.63) is 0 Å². The predicted octanol–water partition coefficient (Wildman–Crippen LogP) is 0.428. The van der Waals surface area contributed by atoms with Gasteiger partial charge in [0.1, 0.15) is 0 Å². The van der Waals surface area contributed by atoms with Crippen LogP contribution in [0.1, 0.15) is 19.8 Å². The fourth-order valence-corrected chi connectivity index (χ4v) is 1.65. The Morgan fingerprint density at radius 3 is 2.56 bits per heavy atom. The third-order valence-electron chi connectivity index (χ3n) is 2.29. The molecule has 2 atom stereocenters. The largest absolute Gasteiger partial charge is 0.326 e. The number of hydrogen-bond acceptors (Lipinski definition) is 2. The molecular weight excluding hydrogens is 112 g/mol. The highest BCUT2D eigenvalue weighted by atomic mass is 15.2. The Kier molecular flexibility index (Phi) is 2.09. The second-order valence-corrected chi connectivity index (χ2v) is 2.91. The zero-order valence-corrected chi connectivity index (χ0v) is 6.30. The van der Waals surface area contributed by atoms with Gasteiger partial charge < -0.3 is 10.6 Å². The van der Waals surface area contributed by atoms with Crippen LogP contribution < -0.4 is 5.73 Å². The molecule has 1 saturated heterocycles. The van der Waals surface area contributed by atoms with Crippen LogP contribution in [0.2, 0.25) is 0 Å². The monoisotopic (exact) mass is 128 g/mol. The van der Waals surface area contributed by atoms with Gasteiger partial charge in [-0.2, -0.15) is 0 Å². The van der Waals surface area contributed by atoms with Crippen LogP contribution >= 0.6 is 0 Å². The molecule has 0 amide bonds. The van der Waals surface area contributed by atoms with Gasteiger partial charge in [-0.15, -0.1) is 0 Å². The maximum Gasteiger partial charge on any atom is 0.0242 e. The third kappa shape index (κ3) is 1.25. The summed E-state index contributed by atoms with van der Waals surface area (Å²) in [7, 11) is 2.15. The van der Waals surface area contributed by atoms with E-state index in [2.05, 4.69) is 18.9 Å². The topological polar surface area (TPSA) is 29.3 Å². The van der Waals surface area contributed by atoms with Crippen molar-refractivity contribution in [2.45, 2.75) is 31.8 Å². The van der Waals surface area contributed by atoms with E-state index >= 15 is 0 Å². The second kappa shape index (κ2) is 2.67.